The minimum absolute atomic E-state index is 0. The number of halogens is 2. The molecular weight excluding hydrogens is 355 g/mol. The zero-order valence-corrected chi connectivity index (χ0v) is 15.7. The third-order valence-electron chi connectivity index (χ3n) is 4.52. The molecule has 3 rings (SSSR count). The lowest BCUT2D eigenvalue weighted by atomic mass is 10.0. The second-order valence-electron chi connectivity index (χ2n) is 6.62. The molecule has 1 aliphatic rings. The van der Waals surface area contributed by atoms with E-state index in [9.17, 15) is 9.18 Å². The van der Waals surface area contributed by atoms with Crippen molar-refractivity contribution >= 4 is 18.3 Å². The van der Waals surface area contributed by atoms with E-state index in [0.717, 1.165) is 16.7 Å². The number of amides is 1. The molecule has 1 fully saturated rings. The monoisotopic (exact) mass is 378 g/mol. The number of benzene rings is 2. The molecule has 3 atom stereocenters. The predicted octanol–water partition coefficient (Wildman–Crippen LogP) is 3.54. The summed E-state index contributed by atoms with van der Waals surface area (Å²) < 4.78 is 19.1. The summed E-state index contributed by atoms with van der Waals surface area (Å²) >= 11 is 0. The Bertz CT molecular complexity index is 736. The average molecular weight is 379 g/mol. The second-order valence-corrected chi connectivity index (χ2v) is 6.62. The second kappa shape index (κ2) is 8.62. The molecule has 4 nitrogen and oxygen atoms in total. The van der Waals surface area contributed by atoms with Crippen molar-refractivity contribution in [3.63, 3.8) is 0 Å². The van der Waals surface area contributed by atoms with Gasteiger partial charge >= 0.3 is 0 Å². The van der Waals surface area contributed by atoms with Crippen molar-refractivity contribution in [1.29, 1.82) is 0 Å². The average Bonchev–Trinajstić information content (AvgIpc) is 2.61. The van der Waals surface area contributed by atoms with Crippen LogP contribution in [0.5, 0.6) is 0 Å². The van der Waals surface area contributed by atoms with Gasteiger partial charge in [0.2, 0.25) is 5.91 Å². The summed E-state index contributed by atoms with van der Waals surface area (Å²) in [5.41, 5.74) is 8.97. The fraction of sp³-hybridized carbons (Fsp3) is 0.350. The van der Waals surface area contributed by atoms with Crippen LogP contribution in [0.1, 0.15) is 35.8 Å². The van der Waals surface area contributed by atoms with Crippen molar-refractivity contribution in [3.8, 4) is 0 Å². The number of carbonyl (C=O) groups is 1. The zero-order chi connectivity index (χ0) is 18.0. The fourth-order valence-corrected chi connectivity index (χ4v) is 3.11. The van der Waals surface area contributed by atoms with Crippen LogP contribution in [0.25, 0.3) is 0 Å². The number of aryl methyl sites for hydroxylation is 1. The van der Waals surface area contributed by atoms with Gasteiger partial charge < -0.3 is 15.4 Å². The van der Waals surface area contributed by atoms with Gasteiger partial charge in [0.15, 0.2) is 0 Å². The molecule has 0 bridgehead atoms. The first-order chi connectivity index (χ1) is 11.9. The summed E-state index contributed by atoms with van der Waals surface area (Å²) in [7, 11) is 0. The Kier molecular flexibility index (Phi) is 6.75. The highest BCUT2D eigenvalue weighted by atomic mass is 35.5. The first-order valence-electron chi connectivity index (χ1n) is 8.46. The number of rotatable bonds is 3. The molecule has 0 aromatic heterocycles. The maximum atomic E-state index is 13.1. The van der Waals surface area contributed by atoms with E-state index in [2.05, 4.69) is 0 Å². The largest absolute Gasteiger partial charge is 0.367 e. The number of ether oxygens (including phenoxy) is 1. The molecule has 2 N–H and O–H groups in total. The molecule has 6 heteroatoms. The Morgan fingerprint density at radius 1 is 1.15 bits per heavy atom. The summed E-state index contributed by atoms with van der Waals surface area (Å²) in [4.78, 5) is 14.6. The third-order valence-corrected chi connectivity index (χ3v) is 4.52. The molecule has 3 unspecified atom stereocenters. The number of nitrogens with zero attached hydrogens (tertiary/aromatic N) is 1. The highest BCUT2D eigenvalue weighted by molar-refractivity contribution is 5.85. The van der Waals surface area contributed by atoms with Crippen molar-refractivity contribution < 1.29 is 13.9 Å². The van der Waals surface area contributed by atoms with Gasteiger partial charge in [-0.25, -0.2) is 4.39 Å². The summed E-state index contributed by atoms with van der Waals surface area (Å²) in [6, 6.07) is 13.2. The van der Waals surface area contributed by atoms with Crippen LogP contribution in [0.2, 0.25) is 0 Å². The predicted molar refractivity (Wildman–Crippen MR) is 102 cm³/mol. The van der Waals surface area contributed by atoms with Gasteiger partial charge in [0, 0.05) is 6.54 Å². The quantitative estimate of drug-likeness (QED) is 0.888. The number of morpholine rings is 1. The molecular formula is C20H24ClFN2O2. The normalized spacial score (nSPS) is 21.0. The van der Waals surface area contributed by atoms with Crippen LogP contribution in [0.4, 0.5) is 4.39 Å². The molecule has 0 saturated carbocycles. The third kappa shape index (κ3) is 4.61. The summed E-state index contributed by atoms with van der Waals surface area (Å²) in [5.74, 6) is -0.409. The lowest BCUT2D eigenvalue weighted by molar-refractivity contribution is -0.146. The molecule has 2 aromatic carbocycles. The van der Waals surface area contributed by atoms with Crippen molar-refractivity contribution in [2.24, 2.45) is 5.73 Å². The Labute approximate surface area is 159 Å². The standard InChI is InChI=1S/C20H23FN2O2.ClH/c1-13-3-5-16(6-4-13)19(22)20(24)23-11-14(2)25-18(12-23)15-7-9-17(21)10-8-15;/h3-10,14,18-19H,11-12,22H2,1-2H3;1H. The van der Waals surface area contributed by atoms with E-state index in [1.807, 2.05) is 38.1 Å². The van der Waals surface area contributed by atoms with Gasteiger partial charge in [0.05, 0.1) is 12.6 Å². The van der Waals surface area contributed by atoms with E-state index in [1.54, 1.807) is 17.0 Å². The Morgan fingerprint density at radius 3 is 2.38 bits per heavy atom. The first kappa shape index (κ1) is 20.4. The molecule has 0 aliphatic carbocycles. The van der Waals surface area contributed by atoms with E-state index < -0.39 is 6.04 Å². The maximum Gasteiger partial charge on any atom is 0.244 e. The van der Waals surface area contributed by atoms with E-state index >= 15 is 0 Å². The van der Waals surface area contributed by atoms with E-state index in [-0.39, 0.29) is 36.3 Å². The fourth-order valence-electron chi connectivity index (χ4n) is 3.11. The topological polar surface area (TPSA) is 55.6 Å². The van der Waals surface area contributed by atoms with Crippen LogP contribution in [-0.2, 0) is 9.53 Å². The molecule has 1 saturated heterocycles. The van der Waals surface area contributed by atoms with Crippen molar-refractivity contribution in [2.75, 3.05) is 13.1 Å². The van der Waals surface area contributed by atoms with Gasteiger partial charge in [-0.05, 0) is 37.1 Å². The van der Waals surface area contributed by atoms with Crippen LogP contribution in [0, 0.1) is 12.7 Å². The highest BCUT2D eigenvalue weighted by Gasteiger charge is 2.32. The maximum absolute atomic E-state index is 13.1. The van der Waals surface area contributed by atoms with Crippen molar-refractivity contribution in [2.45, 2.75) is 32.1 Å². The molecule has 2 aromatic rings. The van der Waals surface area contributed by atoms with E-state index in [0.29, 0.717) is 13.1 Å². The summed E-state index contributed by atoms with van der Waals surface area (Å²) in [6.07, 6.45) is -0.392. The Balaban J connectivity index is 0.00000243. The van der Waals surface area contributed by atoms with Crippen LogP contribution in [0.15, 0.2) is 48.5 Å². The van der Waals surface area contributed by atoms with Gasteiger partial charge in [-0.3, -0.25) is 4.79 Å². The van der Waals surface area contributed by atoms with Crippen molar-refractivity contribution in [3.05, 3.63) is 71.0 Å². The lowest BCUT2D eigenvalue weighted by Crippen LogP contribution is -2.49. The number of carbonyl (C=O) groups excluding carboxylic acids is 1. The summed E-state index contributed by atoms with van der Waals surface area (Å²) in [6.45, 7) is 4.83. The molecule has 1 aliphatic heterocycles. The smallest absolute Gasteiger partial charge is 0.244 e. The SMILES string of the molecule is Cc1ccc(C(N)C(=O)N2CC(C)OC(c3ccc(F)cc3)C2)cc1.Cl. The molecule has 0 radical (unpaired) electrons. The minimum Gasteiger partial charge on any atom is -0.367 e. The molecule has 140 valence electrons. The number of nitrogens with two attached hydrogens (primary N) is 1. The van der Waals surface area contributed by atoms with Crippen LogP contribution < -0.4 is 5.73 Å². The van der Waals surface area contributed by atoms with Crippen LogP contribution >= 0.6 is 12.4 Å². The highest BCUT2D eigenvalue weighted by Crippen LogP contribution is 2.27. The van der Waals surface area contributed by atoms with Crippen molar-refractivity contribution in [1.82, 2.24) is 4.90 Å². The van der Waals surface area contributed by atoms with Crippen LogP contribution in [0.3, 0.4) is 0 Å². The zero-order valence-electron chi connectivity index (χ0n) is 14.9. The minimum atomic E-state index is -0.695. The number of hydrogen-bond donors (Lipinski definition) is 1. The Morgan fingerprint density at radius 2 is 1.77 bits per heavy atom. The molecule has 1 amide bonds. The first-order valence-corrected chi connectivity index (χ1v) is 8.46. The lowest BCUT2D eigenvalue weighted by Gasteiger charge is -2.38. The van der Waals surface area contributed by atoms with Gasteiger partial charge in [0.1, 0.15) is 18.0 Å². The number of hydrogen-bond acceptors (Lipinski definition) is 3. The Hall–Kier alpha value is -1.95. The van der Waals surface area contributed by atoms with Gasteiger partial charge in [-0.2, -0.15) is 0 Å². The van der Waals surface area contributed by atoms with Gasteiger partial charge in [0.25, 0.3) is 0 Å². The van der Waals surface area contributed by atoms with Gasteiger partial charge in [-0.15, -0.1) is 12.4 Å². The van der Waals surface area contributed by atoms with Gasteiger partial charge in [-0.1, -0.05) is 42.0 Å². The molecule has 1 heterocycles. The van der Waals surface area contributed by atoms with Crippen LogP contribution in [-0.4, -0.2) is 30.0 Å². The van der Waals surface area contributed by atoms with E-state index in [1.165, 1.54) is 12.1 Å². The summed E-state index contributed by atoms with van der Waals surface area (Å²) in [5, 5.41) is 0. The molecule has 26 heavy (non-hydrogen) atoms. The van der Waals surface area contributed by atoms with E-state index in [4.69, 9.17) is 10.5 Å². The molecule has 0 spiro atoms.